The summed E-state index contributed by atoms with van der Waals surface area (Å²) in [4.78, 5) is 6.91. The zero-order chi connectivity index (χ0) is 14.4. The van der Waals surface area contributed by atoms with Crippen LogP contribution in [0.3, 0.4) is 0 Å². The predicted molar refractivity (Wildman–Crippen MR) is 83.7 cm³/mol. The minimum absolute atomic E-state index is 0.594. The average molecular weight is 278 g/mol. The smallest absolute Gasteiger partial charge is 0.0948 e. The summed E-state index contributed by atoms with van der Waals surface area (Å²) >= 11 is 0. The van der Waals surface area contributed by atoms with E-state index in [9.17, 15) is 0 Å². The van der Waals surface area contributed by atoms with Gasteiger partial charge in [-0.25, -0.2) is 4.98 Å². The van der Waals surface area contributed by atoms with Crippen LogP contribution in [0.5, 0.6) is 0 Å². The predicted octanol–water partition coefficient (Wildman–Crippen LogP) is 2.50. The second-order valence-electron chi connectivity index (χ2n) is 6.38. The number of hydrogen-bond donors (Lipinski definition) is 1. The van der Waals surface area contributed by atoms with Crippen molar-refractivity contribution in [2.45, 2.75) is 59.2 Å². The monoisotopic (exact) mass is 278 g/mol. The van der Waals surface area contributed by atoms with Crippen molar-refractivity contribution in [3.8, 4) is 0 Å². The molecule has 1 aliphatic heterocycles. The van der Waals surface area contributed by atoms with Gasteiger partial charge >= 0.3 is 0 Å². The summed E-state index contributed by atoms with van der Waals surface area (Å²) in [5, 5.41) is 3.58. The molecule has 0 aromatic carbocycles. The highest BCUT2D eigenvalue weighted by atomic mass is 15.2. The Morgan fingerprint density at radius 3 is 3.05 bits per heavy atom. The minimum Gasteiger partial charge on any atom is -0.333 e. The normalized spacial score (nSPS) is 20.7. The van der Waals surface area contributed by atoms with Gasteiger partial charge in [0.25, 0.3) is 0 Å². The molecular weight excluding hydrogens is 248 g/mol. The largest absolute Gasteiger partial charge is 0.333 e. The summed E-state index contributed by atoms with van der Waals surface area (Å²) < 4.78 is 2.30. The first-order valence-corrected chi connectivity index (χ1v) is 8.13. The fraction of sp³-hybridized carbons (Fsp3) is 0.812. The maximum absolute atomic E-state index is 4.31. The SMILES string of the molecule is CCCn1cncc1CN1CCCC(CNC(C)C)C1. The lowest BCUT2D eigenvalue weighted by Crippen LogP contribution is -2.40. The van der Waals surface area contributed by atoms with Crippen LogP contribution in [0.4, 0.5) is 0 Å². The summed E-state index contributed by atoms with van der Waals surface area (Å²) in [5.41, 5.74) is 1.37. The Labute approximate surface area is 123 Å². The number of piperidine rings is 1. The zero-order valence-electron chi connectivity index (χ0n) is 13.3. The first-order valence-electron chi connectivity index (χ1n) is 8.13. The first-order chi connectivity index (χ1) is 9.69. The molecule has 1 fully saturated rings. The molecular formula is C16H30N4. The van der Waals surface area contributed by atoms with Crippen LogP contribution < -0.4 is 5.32 Å². The van der Waals surface area contributed by atoms with E-state index >= 15 is 0 Å². The van der Waals surface area contributed by atoms with Crippen molar-refractivity contribution < 1.29 is 0 Å². The van der Waals surface area contributed by atoms with E-state index in [2.05, 4.69) is 40.5 Å². The number of hydrogen-bond acceptors (Lipinski definition) is 3. The summed E-state index contributed by atoms with van der Waals surface area (Å²) in [6, 6.07) is 0.594. The molecule has 4 nitrogen and oxygen atoms in total. The lowest BCUT2D eigenvalue weighted by atomic mass is 9.97. The molecule has 0 amide bonds. The summed E-state index contributed by atoms with van der Waals surface area (Å²) in [6.07, 6.45) is 7.87. The molecule has 0 saturated carbocycles. The fourth-order valence-electron chi connectivity index (χ4n) is 3.02. The van der Waals surface area contributed by atoms with E-state index in [4.69, 9.17) is 0 Å². The van der Waals surface area contributed by atoms with Crippen LogP contribution >= 0.6 is 0 Å². The topological polar surface area (TPSA) is 33.1 Å². The Hall–Kier alpha value is -0.870. The molecule has 2 heterocycles. The third-order valence-corrected chi connectivity index (χ3v) is 4.07. The van der Waals surface area contributed by atoms with Crippen molar-refractivity contribution in [2.24, 2.45) is 5.92 Å². The van der Waals surface area contributed by atoms with Crippen molar-refractivity contribution in [3.05, 3.63) is 18.2 Å². The fourth-order valence-corrected chi connectivity index (χ4v) is 3.02. The molecule has 1 aromatic rings. The van der Waals surface area contributed by atoms with Gasteiger partial charge in [-0.3, -0.25) is 4.90 Å². The van der Waals surface area contributed by atoms with Gasteiger partial charge in [-0.2, -0.15) is 0 Å². The molecule has 1 saturated heterocycles. The first kappa shape index (κ1) is 15.5. The Balaban J connectivity index is 1.84. The van der Waals surface area contributed by atoms with Gasteiger partial charge in [0.15, 0.2) is 0 Å². The second kappa shape index (κ2) is 7.79. The van der Waals surface area contributed by atoms with Crippen LogP contribution in [-0.2, 0) is 13.1 Å². The van der Waals surface area contributed by atoms with Crippen LogP contribution in [0, 0.1) is 5.92 Å². The van der Waals surface area contributed by atoms with Gasteiger partial charge in [-0.05, 0) is 38.3 Å². The summed E-state index contributed by atoms with van der Waals surface area (Å²) in [6.45, 7) is 12.4. The summed E-state index contributed by atoms with van der Waals surface area (Å²) in [7, 11) is 0. The van der Waals surface area contributed by atoms with Crippen LogP contribution in [0.1, 0.15) is 45.7 Å². The van der Waals surface area contributed by atoms with Crippen molar-refractivity contribution in [1.29, 1.82) is 0 Å². The Morgan fingerprint density at radius 2 is 2.30 bits per heavy atom. The van der Waals surface area contributed by atoms with Gasteiger partial charge < -0.3 is 9.88 Å². The zero-order valence-corrected chi connectivity index (χ0v) is 13.3. The highest BCUT2D eigenvalue weighted by Gasteiger charge is 2.20. The van der Waals surface area contributed by atoms with Crippen LogP contribution in [0.15, 0.2) is 12.5 Å². The minimum atomic E-state index is 0.594. The van der Waals surface area contributed by atoms with E-state index in [0.717, 1.165) is 25.6 Å². The number of imidazole rings is 1. The van der Waals surface area contributed by atoms with Gasteiger partial charge in [0.2, 0.25) is 0 Å². The van der Waals surface area contributed by atoms with Gasteiger partial charge in [0.05, 0.1) is 12.0 Å². The lowest BCUT2D eigenvalue weighted by Gasteiger charge is -2.33. The molecule has 1 aromatic heterocycles. The summed E-state index contributed by atoms with van der Waals surface area (Å²) in [5.74, 6) is 0.800. The van der Waals surface area contributed by atoms with Gasteiger partial charge in [-0.1, -0.05) is 20.8 Å². The number of nitrogens with zero attached hydrogens (tertiary/aromatic N) is 3. The molecule has 1 atom stereocenters. The number of nitrogens with one attached hydrogen (secondary N) is 1. The molecule has 0 aliphatic carbocycles. The Kier molecular flexibility index (Phi) is 6.05. The van der Waals surface area contributed by atoms with Crippen LogP contribution in [0.25, 0.3) is 0 Å². The molecule has 0 radical (unpaired) electrons. The molecule has 20 heavy (non-hydrogen) atoms. The van der Waals surface area contributed by atoms with E-state index in [-0.39, 0.29) is 0 Å². The highest BCUT2D eigenvalue weighted by Crippen LogP contribution is 2.18. The van der Waals surface area contributed by atoms with E-state index in [0.29, 0.717) is 6.04 Å². The maximum atomic E-state index is 4.31. The third kappa shape index (κ3) is 4.60. The van der Waals surface area contributed by atoms with Crippen LogP contribution in [0.2, 0.25) is 0 Å². The molecule has 0 bridgehead atoms. The molecule has 4 heteroatoms. The molecule has 2 rings (SSSR count). The van der Waals surface area contributed by atoms with E-state index in [1.165, 1.54) is 38.0 Å². The standard InChI is InChI=1S/C16H30N4/c1-4-7-20-13-17-10-16(20)12-19-8-5-6-15(11-19)9-18-14(2)3/h10,13-15,18H,4-9,11-12H2,1-3H3. The number of likely N-dealkylation sites (tertiary alicyclic amines) is 1. The highest BCUT2D eigenvalue weighted by molar-refractivity contribution is 4.98. The Bertz CT molecular complexity index is 386. The van der Waals surface area contributed by atoms with E-state index in [1.54, 1.807) is 0 Å². The lowest BCUT2D eigenvalue weighted by molar-refractivity contribution is 0.160. The average Bonchev–Trinajstić information content (AvgIpc) is 2.85. The van der Waals surface area contributed by atoms with Crippen molar-refractivity contribution >= 4 is 0 Å². The third-order valence-electron chi connectivity index (χ3n) is 4.07. The maximum Gasteiger partial charge on any atom is 0.0948 e. The molecule has 1 N–H and O–H groups in total. The molecule has 1 aliphatic rings. The van der Waals surface area contributed by atoms with Gasteiger partial charge in [-0.15, -0.1) is 0 Å². The second-order valence-corrected chi connectivity index (χ2v) is 6.38. The molecule has 0 spiro atoms. The quantitative estimate of drug-likeness (QED) is 0.832. The van der Waals surface area contributed by atoms with E-state index in [1.807, 2.05) is 12.5 Å². The van der Waals surface area contributed by atoms with Crippen molar-refractivity contribution in [2.75, 3.05) is 19.6 Å². The molecule has 114 valence electrons. The Morgan fingerprint density at radius 1 is 1.45 bits per heavy atom. The number of aryl methyl sites for hydroxylation is 1. The van der Waals surface area contributed by atoms with E-state index < -0.39 is 0 Å². The molecule has 1 unspecified atom stereocenters. The van der Waals surface area contributed by atoms with Gasteiger partial charge in [0.1, 0.15) is 0 Å². The van der Waals surface area contributed by atoms with Gasteiger partial charge in [0, 0.05) is 31.9 Å². The number of rotatable bonds is 7. The van der Waals surface area contributed by atoms with Crippen LogP contribution in [-0.4, -0.2) is 40.1 Å². The van der Waals surface area contributed by atoms with Crippen molar-refractivity contribution in [3.63, 3.8) is 0 Å². The van der Waals surface area contributed by atoms with Crippen molar-refractivity contribution in [1.82, 2.24) is 19.8 Å². The number of aromatic nitrogens is 2.